The number of nitrogens with zero attached hydrogens (tertiary/aromatic N) is 1. The molecule has 2 atom stereocenters. The molecule has 2 heterocycles. The van der Waals surface area contributed by atoms with Gasteiger partial charge in [-0.2, -0.15) is 0 Å². The van der Waals surface area contributed by atoms with E-state index in [4.69, 9.17) is 4.74 Å². The van der Waals surface area contributed by atoms with E-state index in [2.05, 4.69) is 11.9 Å². The van der Waals surface area contributed by atoms with E-state index in [1.165, 1.54) is 25.9 Å². The summed E-state index contributed by atoms with van der Waals surface area (Å²) in [6, 6.07) is 0. The minimum absolute atomic E-state index is 0.634. The lowest BCUT2D eigenvalue weighted by Crippen LogP contribution is -2.20. The van der Waals surface area contributed by atoms with E-state index in [-0.39, 0.29) is 0 Å². The van der Waals surface area contributed by atoms with Crippen molar-refractivity contribution < 1.29 is 4.74 Å². The Morgan fingerprint density at radius 3 is 2.33 bits per heavy atom. The van der Waals surface area contributed by atoms with E-state index in [1.807, 2.05) is 0 Å². The Labute approximate surface area is 55.8 Å². The maximum atomic E-state index is 5.38. The van der Waals surface area contributed by atoms with Crippen LogP contribution < -0.4 is 0 Å². The Bertz CT molecular complexity index is 99.5. The molecule has 0 aliphatic carbocycles. The average Bonchev–Trinajstić information content (AvgIpc) is 2.54. The van der Waals surface area contributed by atoms with Crippen LogP contribution in [0.2, 0.25) is 0 Å². The van der Waals surface area contributed by atoms with Gasteiger partial charge in [-0.1, -0.05) is 0 Å². The summed E-state index contributed by atoms with van der Waals surface area (Å²) in [6.45, 7) is 2.45. The summed E-state index contributed by atoms with van der Waals surface area (Å²) in [4.78, 5) is 2.38. The number of fused-ring (bicyclic) bond motifs is 1. The highest BCUT2D eigenvalue weighted by atomic mass is 16.6. The number of hydrogen-bond acceptors (Lipinski definition) is 2. The first-order chi connectivity index (χ1) is 4.36. The number of epoxide rings is 1. The van der Waals surface area contributed by atoms with Crippen LogP contribution in [-0.2, 0) is 4.74 Å². The highest BCUT2D eigenvalue weighted by Crippen LogP contribution is 2.30. The molecule has 0 amide bonds. The van der Waals surface area contributed by atoms with Crippen molar-refractivity contribution in [1.82, 2.24) is 4.90 Å². The van der Waals surface area contributed by atoms with Crippen molar-refractivity contribution in [3.05, 3.63) is 0 Å². The van der Waals surface area contributed by atoms with E-state index < -0.39 is 0 Å². The molecule has 0 bridgehead atoms. The summed E-state index contributed by atoms with van der Waals surface area (Å²) < 4.78 is 5.38. The van der Waals surface area contributed by atoms with Gasteiger partial charge in [0.25, 0.3) is 0 Å². The van der Waals surface area contributed by atoms with Crippen LogP contribution in [-0.4, -0.2) is 37.2 Å². The second-order valence-electron chi connectivity index (χ2n) is 3.09. The number of ether oxygens (including phenoxy) is 1. The zero-order valence-electron chi connectivity index (χ0n) is 5.84. The van der Waals surface area contributed by atoms with E-state index in [9.17, 15) is 0 Å². The van der Waals surface area contributed by atoms with Crippen LogP contribution in [0.3, 0.4) is 0 Å². The third-order valence-electron chi connectivity index (χ3n) is 2.28. The predicted octanol–water partition coefficient (Wildman–Crippen LogP) is 0.479. The van der Waals surface area contributed by atoms with Gasteiger partial charge in [-0.05, 0) is 19.9 Å². The summed E-state index contributed by atoms with van der Waals surface area (Å²) in [5, 5.41) is 0. The van der Waals surface area contributed by atoms with Gasteiger partial charge in [-0.15, -0.1) is 0 Å². The maximum absolute atomic E-state index is 5.38. The number of likely N-dealkylation sites (tertiary alicyclic amines) is 1. The summed E-state index contributed by atoms with van der Waals surface area (Å²) in [6.07, 6.45) is 3.77. The maximum Gasteiger partial charge on any atom is 0.0854 e. The molecule has 2 aliphatic heterocycles. The fourth-order valence-corrected chi connectivity index (χ4v) is 1.49. The Balaban J connectivity index is 1.89. The van der Waals surface area contributed by atoms with Crippen molar-refractivity contribution in [2.75, 3.05) is 20.1 Å². The molecular weight excluding hydrogens is 114 g/mol. The van der Waals surface area contributed by atoms with Crippen LogP contribution in [0.25, 0.3) is 0 Å². The molecule has 0 aromatic carbocycles. The van der Waals surface area contributed by atoms with E-state index in [1.54, 1.807) is 0 Å². The predicted molar refractivity (Wildman–Crippen MR) is 35.4 cm³/mol. The molecule has 0 aromatic rings. The summed E-state index contributed by atoms with van der Waals surface area (Å²) in [7, 11) is 2.19. The van der Waals surface area contributed by atoms with Gasteiger partial charge < -0.3 is 9.64 Å². The molecule has 2 heteroatoms. The second-order valence-corrected chi connectivity index (χ2v) is 3.09. The lowest BCUT2D eigenvalue weighted by atomic mass is 10.2. The Hall–Kier alpha value is -0.0800. The molecule has 2 fully saturated rings. The molecule has 2 aliphatic rings. The van der Waals surface area contributed by atoms with Crippen molar-refractivity contribution >= 4 is 0 Å². The summed E-state index contributed by atoms with van der Waals surface area (Å²) in [5.41, 5.74) is 0. The number of rotatable bonds is 0. The Morgan fingerprint density at radius 1 is 1.22 bits per heavy atom. The van der Waals surface area contributed by atoms with E-state index >= 15 is 0 Å². The topological polar surface area (TPSA) is 15.8 Å². The fraction of sp³-hybridized carbons (Fsp3) is 1.00. The Kier molecular flexibility index (Phi) is 1.24. The van der Waals surface area contributed by atoms with Crippen LogP contribution in [0.4, 0.5) is 0 Å². The number of hydrogen-bond donors (Lipinski definition) is 0. The smallest absolute Gasteiger partial charge is 0.0854 e. The van der Waals surface area contributed by atoms with Crippen molar-refractivity contribution in [3.63, 3.8) is 0 Å². The molecule has 0 radical (unpaired) electrons. The van der Waals surface area contributed by atoms with Gasteiger partial charge in [0.15, 0.2) is 0 Å². The average molecular weight is 127 g/mol. The highest BCUT2D eigenvalue weighted by molar-refractivity contribution is 4.88. The van der Waals surface area contributed by atoms with Crippen LogP contribution >= 0.6 is 0 Å². The SMILES string of the molecule is CN1CC[C@H]2O[C@@H]2CC1. The van der Waals surface area contributed by atoms with Gasteiger partial charge in [0.2, 0.25) is 0 Å². The molecule has 0 saturated carbocycles. The standard InChI is InChI=1S/C7H13NO/c1-8-4-2-6-7(9-6)3-5-8/h6-7H,2-5H2,1H3/t6-,7-/m1/s1. The van der Waals surface area contributed by atoms with Crippen LogP contribution in [0.5, 0.6) is 0 Å². The lowest BCUT2D eigenvalue weighted by Gasteiger charge is -2.12. The molecule has 0 N–H and O–H groups in total. The zero-order valence-corrected chi connectivity index (χ0v) is 5.84. The van der Waals surface area contributed by atoms with Crippen LogP contribution in [0, 0.1) is 0 Å². The lowest BCUT2D eigenvalue weighted by molar-refractivity contribution is 0.264. The molecular formula is C7H13NO. The summed E-state index contributed by atoms with van der Waals surface area (Å²) in [5.74, 6) is 0. The first kappa shape index (κ1) is 5.69. The molecule has 2 saturated heterocycles. The van der Waals surface area contributed by atoms with Crippen molar-refractivity contribution in [3.8, 4) is 0 Å². The normalized spacial score (nSPS) is 43.7. The monoisotopic (exact) mass is 127 g/mol. The van der Waals surface area contributed by atoms with Crippen LogP contribution in [0.15, 0.2) is 0 Å². The first-order valence-corrected chi connectivity index (χ1v) is 3.70. The molecule has 2 nitrogen and oxygen atoms in total. The third kappa shape index (κ3) is 1.10. The second kappa shape index (κ2) is 1.96. The van der Waals surface area contributed by atoms with Gasteiger partial charge in [0.1, 0.15) is 0 Å². The highest BCUT2D eigenvalue weighted by Gasteiger charge is 2.39. The minimum Gasteiger partial charge on any atom is -0.369 e. The van der Waals surface area contributed by atoms with E-state index in [0.29, 0.717) is 12.2 Å². The van der Waals surface area contributed by atoms with Gasteiger partial charge >= 0.3 is 0 Å². The minimum atomic E-state index is 0.634. The van der Waals surface area contributed by atoms with Gasteiger partial charge in [-0.3, -0.25) is 0 Å². The largest absolute Gasteiger partial charge is 0.369 e. The van der Waals surface area contributed by atoms with Crippen LogP contribution in [0.1, 0.15) is 12.8 Å². The quantitative estimate of drug-likeness (QED) is 0.440. The molecule has 0 unspecified atom stereocenters. The molecule has 0 aromatic heterocycles. The third-order valence-corrected chi connectivity index (χ3v) is 2.28. The van der Waals surface area contributed by atoms with Crippen molar-refractivity contribution in [1.29, 1.82) is 0 Å². The molecule has 2 rings (SSSR count). The van der Waals surface area contributed by atoms with Gasteiger partial charge in [0, 0.05) is 13.1 Å². The molecule has 0 spiro atoms. The van der Waals surface area contributed by atoms with Gasteiger partial charge in [-0.25, -0.2) is 0 Å². The van der Waals surface area contributed by atoms with Crippen molar-refractivity contribution in [2.24, 2.45) is 0 Å². The first-order valence-electron chi connectivity index (χ1n) is 3.70. The van der Waals surface area contributed by atoms with E-state index in [0.717, 1.165) is 0 Å². The Morgan fingerprint density at radius 2 is 1.78 bits per heavy atom. The van der Waals surface area contributed by atoms with Crippen molar-refractivity contribution in [2.45, 2.75) is 25.0 Å². The van der Waals surface area contributed by atoms with Gasteiger partial charge in [0.05, 0.1) is 12.2 Å². The summed E-state index contributed by atoms with van der Waals surface area (Å²) >= 11 is 0. The zero-order chi connectivity index (χ0) is 6.27. The fourth-order valence-electron chi connectivity index (χ4n) is 1.49. The molecule has 9 heavy (non-hydrogen) atoms. The molecule has 52 valence electrons.